The van der Waals surface area contributed by atoms with Gasteiger partial charge in [0.15, 0.2) is 6.61 Å². The summed E-state index contributed by atoms with van der Waals surface area (Å²) in [7, 11) is 0. The number of non-ortho nitro benzene ring substituents is 1. The Morgan fingerprint density at radius 1 is 1.38 bits per heavy atom. The Balaban J connectivity index is 2.26. The standard InChI is InChI=1S/C18H11BrIN3O6/c19-14-5-10(6-15(20)17(14)29-9-16(24)25)4-11(8-21)18(26)22-12-2-1-3-13(7-12)23(27)28/h1-7H,9H2,(H,22,26)(H,24,25)/b11-4+. The zero-order valence-corrected chi connectivity index (χ0v) is 18.1. The number of nitrogens with zero attached hydrogens (tertiary/aromatic N) is 2. The molecule has 0 spiro atoms. The van der Waals surface area contributed by atoms with E-state index in [1.165, 1.54) is 30.3 Å². The van der Waals surface area contributed by atoms with Gasteiger partial charge in [-0.05, 0) is 68.4 Å². The van der Waals surface area contributed by atoms with Crippen molar-refractivity contribution in [1.82, 2.24) is 0 Å². The molecule has 0 fully saturated rings. The molecule has 0 unspecified atom stereocenters. The minimum atomic E-state index is -1.12. The van der Waals surface area contributed by atoms with Crippen LogP contribution in [0.5, 0.6) is 5.75 Å². The molecule has 2 rings (SSSR count). The molecule has 2 N–H and O–H groups in total. The summed E-state index contributed by atoms with van der Waals surface area (Å²) in [6.07, 6.45) is 1.33. The highest BCUT2D eigenvalue weighted by molar-refractivity contribution is 14.1. The smallest absolute Gasteiger partial charge is 0.341 e. The summed E-state index contributed by atoms with van der Waals surface area (Å²) >= 11 is 5.21. The monoisotopic (exact) mass is 571 g/mol. The van der Waals surface area contributed by atoms with Gasteiger partial charge in [0, 0.05) is 17.8 Å². The van der Waals surface area contributed by atoms with Crippen molar-refractivity contribution in [3.63, 3.8) is 0 Å². The number of nitro groups is 1. The van der Waals surface area contributed by atoms with Gasteiger partial charge in [-0.15, -0.1) is 0 Å². The molecule has 0 saturated carbocycles. The molecule has 1 amide bonds. The third-order valence-corrected chi connectivity index (χ3v) is 4.74. The summed E-state index contributed by atoms with van der Waals surface area (Å²) in [5.74, 6) is -1.53. The number of hydrogen-bond acceptors (Lipinski definition) is 6. The summed E-state index contributed by atoms with van der Waals surface area (Å²) in [5.41, 5.74) is 0.257. The van der Waals surface area contributed by atoms with Crippen molar-refractivity contribution < 1.29 is 24.4 Å². The van der Waals surface area contributed by atoms with Crippen LogP contribution in [0.2, 0.25) is 0 Å². The fourth-order valence-corrected chi connectivity index (χ4v) is 3.91. The van der Waals surface area contributed by atoms with E-state index < -0.39 is 23.4 Å². The van der Waals surface area contributed by atoms with Crippen molar-refractivity contribution in [1.29, 1.82) is 5.26 Å². The third-order valence-electron chi connectivity index (χ3n) is 3.35. The Morgan fingerprint density at radius 3 is 2.69 bits per heavy atom. The van der Waals surface area contributed by atoms with Gasteiger partial charge in [0.25, 0.3) is 11.6 Å². The van der Waals surface area contributed by atoms with Gasteiger partial charge in [0.05, 0.1) is 13.0 Å². The van der Waals surface area contributed by atoms with Crippen LogP contribution in [0.25, 0.3) is 6.08 Å². The van der Waals surface area contributed by atoms with E-state index in [0.29, 0.717) is 19.4 Å². The van der Waals surface area contributed by atoms with Gasteiger partial charge in [0.2, 0.25) is 0 Å². The quantitative estimate of drug-likeness (QED) is 0.168. The maximum atomic E-state index is 12.4. The van der Waals surface area contributed by atoms with Crippen molar-refractivity contribution in [3.05, 3.63) is 65.7 Å². The normalized spacial score (nSPS) is 10.7. The molecular weight excluding hydrogens is 561 g/mol. The van der Waals surface area contributed by atoms with Crippen molar-refractivity contribution >= 4 is 67.8 Å². The fraction of sp³-hybridized carbons (Fsp3) is 0.0556. The van der Waals surface area contributed by atoms with Crippen LogP contribution in [0.3, 0.4) is 0 Å². The fourth-order valence-electron chi connectivity index (χ4n) is 2.15. The maximum absolute atomic E-state index is 12.4. The average Bonchev–Trinajstić information content (AvgIpc) is 2.65. The minimum absolute atomic E-state index is 0.179. The number of carbonyl (C=O) groups excluding carboxylic acids is 1. The second-order valence-electron chi connectivity index (χ2n) is 5.43. The van der Waals surface area contributed by atoms with Gasteiger partial charge in [0.1, 0.15) is 17.4 Å². The second-order valence-corrected chi connectivity index (χ2v) is 7.44. The third kappa shape index (κ3) is 6.26. The van der Waals surface area contributed by atoms with Crippen molar-refractivity contribution in [2.24, 2.45) is 0 Å². The molecule has 0 saturated heterocycles. The number of rotatable bonds is 7. The second kappa shape index (κ2) is 9.99. The van der Waals surface area contributed by atoms with E-state index in [4.69, 9.17) is 9.84 Å². The Kier molecular flexibility index (Phi) is 7.68. The molecule has 0 bridgehead atoms. The number of anilines is 1. The molecule has 0 aliphatic rings. The van der Waals surface area contributed by atoms with Gasteiger partial charge in [-0.3, -0.25) is 14.9 Å². The molecule has 0 aliphatic carbocycles. The van der Waals surface area contributed by atoms with Crippen LogP contribution >= 0.6 is 38.5 Å². The van der Waals surface area contributed by atoms with E-state index >= 15 is 0 Å². The van der Waals surface area contributed by atoms with Gasteiger partial charge in [-0.2, -0.15) is 5.26 Å². The summed E-state index contributed by atoms with van der Waals surface area (Å²) in [4.78, 5) is 33.3. The van der Waals surface area contributed by atoms with Crippen LogP contribution in [0.15, 0.2) is 46.4 Å². The van der Waals surface area contributed by atoms with Crippen LogP contribution in [0.4, 0.5) is 11.4 Å². The lowest BCUT2D eigenvalue weighted by molar-refractivity contribution is -0.384. The largest absolute Gasteiger partial charge is 0.480 e. The number of carboxylic acid groups (broad SMARTS) is 1. The summed E-state index contributed by atoms with van der Waals surface area (Å²) in [5, 5.41) is 31.3. The predicted octanol–water partition coefficient (Wildman–Crippen LogP) is 3.97. The molecule has 0 radical (unpaired) electrons. The van der Waals surface area contributed by atoms with E-state index in [2.05, 4.69) is 21.2 Å². The lowest BCUT2D eigenvalue weighted by Crippen LogP contribution is -2.13. The number of nitrogens with one attached hydrogen (secondary N) is 1. The summed E-state index contributed by atoms with van der Waals surface area (Å²) < 4.78 is 6.22. The molecule has 2 aromatic carbocycles. The number of carboxylic acids is 1. The number of carbonyl (C=O) groups is 2. The first-order valence-corrected chi connectivity index (χ1v) is 9.59. The van der Waals surface area contributed by atoms with E-state index in [9.17, 15) is 25.0 Å². The Bertz CT molecular complexity index is 1040. The summed E-state index contributed by atoms with van der Waals surface area (Å²) in [6, 6.07) is 10.3. The molecule has 29 heavy (non-hydrogen) atoms. The van der Waals surface area contributed by atoms with Crippen molar-refractivity contribution in [3.8, 4) is 11.8 Å². The maximum Gasteiger partial charge on any atom is 0.341 e. The molecule has 0 aromatic heterocycles. The summed E-state index contributed by atoms with van der Waals surface area (Å²) in [6.45, 7) is -0.515. The topological polar surface area (TPSA) is 143 Å². The van der Waals surface area contributed by atoms with Crippen LogP contribution in [-0.2, 0) is 9.59 Å². The highest BCUT2D eigenvalue weighted by Crippen LogP contribution is 2.32. The first kappa shape index (κ1) is 22.3. The molecule has 2 aromatic rings. The molecule has 0 heterocycles. The molecule has 11 heteroatoms. The van der Waals surface area contributed by atoms with E-state index in [1.807, 2.05) is 22.6 Å². The van der Waals surface area contributed by atoms with Gasteiger partial charge in [-0.1, -0.05) is 6.07 Å². The molecular formula is C18H11BrIN3O6. The highest BCUT2D eigenvalue weighted by atomic mass is 127. The first-order chi connectivity index (χ1) is 13.7. The number of halogens is 2. The van der Waals surface area contributed by atoms with Crippen LogP contribution in [0, 0.1) is 25.0 Å². The number of aliphatic carboxylic acids is 1. The lowest BCUT2D eigenvalue weighted by atomic mass is 10.1. The van der Waals surface area contributed by atoms with Crippen LogP contribution in [0.1, 0.15) is 5.56 Å². The SMILES string of the molecule is N#C/C(=C\c1cc(Br)c(OCC(=O)O)c(I)c1)C(=O)Nc1cccc([N+](=O)[O-])c1. The number of ether oxygens (including phenoxy) is 1. The number of nitro benzene ring substituents is 1. The number of amides is 1. The van der Waals surface area contributed by atoms with Crippen LogP contribution in [-0.4, -0.2) is 28.5 Å². The average molecular weight is 572 g/mol. The van der Waals surface area contributed by atoms with Crippen molar-refractivity contribution in [2.45, 2.75) is 0 Å². The Morgan fingerprint density at radius 2 is 2.10 bits per heavy atom. The Hall–Kier alpha value is -2.98. The van der Waals surface area contributed by atoms with E-state index in [-0.39, 0.29) is 16.9 Å². The highest BCUT2D eigenvalue weighted by Gasteiger charge is 2.14. The van der Waals surface area contributed by atoms with Gasteiger partial charge < -0.3 is 15.2 Å². The number of hydrogen-bond donors (Lipinski definition) is 2. The van der Waals surface area contributed by atoms with Gasteiger partial charge in [-0.25, -0.2) is 4.79 Å². The zero-order valence-electron chi connectivity index (χ0n) is 14.4. The molecule has 0 aliphatic heterocycles. The molecule has 9 nitrogen and oxygen atoms in total. The van der Waals surface area contributed by atoms with Crippen molar-refractivity contribution in [2.75, 3.05) is 11.9 Å². The number of nitriles is 1. The molecule has 0 atom stereocenters. The molecule has 148 valence electrons. The number of benzene rings is 2. The Labute approximate surface area is 186 Å². The van der Waals surface area contributed by atoms with E-state index in [1.54, 1.807) is 18.2 Å². The first-order valence-electron chi connectivity index (χ1n) is 7.72. The van der Waals surface area contributed by atoms with E-state index in [0.717, 1.165) is 0 Å². The zero-order chi connectivity index (χ0) is 21.6. The van der Waals surface area contributed by atoms with Gasteiger partial charge >= 0.3 is 5.97 Å². The minimum Gasteiger partial charge on any atom is -0.480 e. The lowest BCUT2D eigenvalue weighted by Gasteiger charge is -2.10. The van der Waals surface area contributed by atoms with Crippen LogP contribution < -0.4 is 10.1 Å². The predicted molar refractivity (Wildman–Crippen MR) is 115 cm³/mol.